The molecule has 0 bridgehead atoms. The minimum absolute atomic E-state index is 0.654. The number of piperidine rings is 1. The summed E-state index contributed by atoms with van der Waals surface area (Å²) in [7, 11) is 0. The van der Waals surface area contributed by atoms with Crippen molar-refractivity contribution in [1.29, 1.82) is 0 Å². The second-order valence-corrected chi connectivity index (χ2v) is 4.55. The minimum atomic E-state index is -0.654. The van der Waals surface area contributed by atoms with E-state index in [0.717, 1.165) is 44.6 Å². The van der Waals surface area contributed by atoms with Gasteiger partial charge in [0.1, 0.15) is 0 Å². The Morgan fingerprint density at radius 1 is 1.31 bits per heavy atom. The lowest BCUT2D eigenvalue weighted by Gasteiger charge is -2.37. The smallest absolute Gasteiger partial charge is 0.0951 e. The first-order chi connectivity index (χ1) is 7.68. The number of aromatic nitrogens is 2. The molecule has 1 fully saturated rings. The van der Waals surface area contributed by atoms with Gasteiger partial charge in [-0.2, -0.15) is 5.10 Å². The van der Waals surface area contributed by atoms with Gasteiger partial charge >= 0.3 is 0 Å². The summed E-state index contributed by atoms with van der Waals surface area (Å²) in [5.41, 5.74) is 0.323. The molecule has 1 aliphatic rings. The van der Waals surface area contributed by atoms with Gasteiger partial charge < -0.3 is 10.0 Å². The van der Waals surface area contributed by atoms with E-state index < -0.39 is 5.60 Å². The summed E-state index contributed by atoms with van der Waals surface area (Å²) >= 11 is 0. The number of hydrogen-bond acceptors (Lipinski definition) is 3. The zero-order valence-corrected chi connectivity index (χ0v) is 10.2. The maximum atomic E-state index is 10.6. The molecule has 0 unspecified atom stereocenters. The number of rotatable bonds is 3. The van der Waals surface area contributed by atoms with Gasteiger partial charge in [0.2, 0.25) is 0 Å². The Labute approximate surface area is 96.9 Å². The SMILES string of the molecule is CCN1CCC(O)(c2cnn(CC)c2)CC1. The molecule has 2 rings (SSSR count). The molecule has 1 aliphatic heterocycles. The average Bonchev–Trinajstić information content (AvgIpc) is 2.79. The Balaban J connectivity index is 2.08. The summed E-state index contributed by atoms with van der Waals surface area (Å²) in [6, 6.07) is 0. The van der Waals surface area contributed by atoms with Gasteiger partial charge in [-0.3, -0.25) is 4.68 Å². The predicted molar refractivity (Wildman–Crippen MR) is 63.1 cm³/mol. The third kappa shape index (κ3) is 2.13. The van der Waals surface area contributed by atoms with Crippen molar-refractivity contribution in [3.63, 3.8) is 0 Å². The van der Waals surface area contributed by atoms with Crippen LogP contribution in [0.5, 0.6) is 0 Å². The largest absolute Gasteiger partial charge is 0.385 e. The second kappa shape index (κ2) is 4.55. The molecular weight excluding hydrogens is 202 g/mol. The van der Waals surface area contributed by atoms with Crippen molar-refractivity contribution < 1.29 is 5.11 Å². The van der Waals surface area contributed by atoms with Crippen LogP contribution in [0.3, 0.4) is 0 Å². The fraction of sp³-hybridized carbons (Fsp3) is 0.750. The average molecular weight is 223 g/mol. The van der Waals surface area contributed by atoms with Crippen molar-refractivity contribution in [2.75, 3.05) is 19.6 Å². The summed E-state index contributed by atoms with van der Waals surface area (Å²) in [5.74, 6) is 0. The van der Waals surface area contributed by atoms with E-state index in [0.29, 0.717) is 0 Å². The number of nitrogens with zero attached hydrogens (tertiary/aromatic N) is 3. The molecule has 0 aromatic carbocycles. The highest BCUT2D eigenvalue weighted by Gasteiger charge is 2.34. The topological polar surface area (TPSA) is 41.3 Å². The first kappa shape index (κ1) is 11.6. The predicted octanol–water partition coefficient (Wildman–Crippen LogP) is 1.21. The van der Waals surface area contributed by atoms with Crippen LogP contribution in [-0.4, -0.2) is 39.4 Å². The summed E-state index contributed by atoms with van der Waals surface area (Å²) < 4.78 is 1.87. The van der Waals surface area contributed by atoms with Crippen molar-refractivity contribution >= 4 is 0 Å². The molecule has 4 nitrogen and oxygen atoms in total. The van der Waals surface area contributed by atoms with Crippen LogP contribution in [-0.2, 0) is 12.1 Å². The van der Waals surface area contributed by atoms with E-state index in [-0.39, 0.29) is 0 Å². The third-order valence-electron chi connectivity index (χ3n) is 3.63. The molecule has 1 aromatic heterocycles. The lowest BCUT2D eigenvalue weighted by atomic mass is 9.86. The maximum absolute atomic E-state index is 10.6. The van der Waals surface area contributed by atoms with E-state index in [1.165, 1.54) is 0 Å². The summed E-state index contributed by atoms with van der Waals surface area (Å²) in [6.45, 7) is 8.11. The summed E-state index contributed by atoms with van der Waals surface area (Å²) in [5, 5.41) is 14.8. The van der Waals surface area contributed by atoms with Gasteiger partial charge in [-0.15, -0.1) is 0 Å². The van der Waals surface area contributed by atoms with Gasteiger partial charge in [0, 0.05) is 31.4 Å². The van der Waals surface area contributed by atoms with Crippen LogP contribution >= 0.6 is 0 Å². The molecular formula is C12H21N3O. The number of likely N-dealkylation sites (tertiary alicyclic amines) is 1. The molecule has 4 heteroatoms. The van der Waals surface area contributed by atoms with Crippen LogP contribution in [0, 0.1) is 0 Å². The second-order valence-electron chi connectivity index (χ2n) is 4.55. The van der Waals surface area contributed by atoms with Crippen molar-refractivity contribution in [1.82, 2.24) is 14.7 Å². The van der Waals surface area contributed by atoms with E-state index in [1.807, 2.05) is 17.1 Å². The van der Waals surface area contributed by atoms with Crippen LogP contribution in [0.2, 0.25) is 0 Å². The van der Waals surface area contributed by atoms with Gasteiger partial charge in [-0.25, -0.2) is 0 Å². The molecule has 2 heterocycles. The van der Waals surface area contributed by atoms with Crippen LogP contribution in [0.1, 0.15) is 32.3 Å². The maximum Gasteiger partial charge on any atom is 0.0951 e. The highest BCUT2D eigenvalue weighted by atomic mass is 16.3. The molecule has 0 atom stereocenters. The lowest BCUT2D eigenvalue weighted by Crippen LogP contribution is -2.42. The van der Waals surface area contributed by atoms with E-state index in [9.17, 15) is 5.11 Å². The molecule has 1 N–H and O–H groups in total. The fourth-order valence-corrected chi connectivity index (χ4v) is 2.30. The quantitative estimate of drug-likeness (QED) is 0.837. The van der Waals surface area contributed by atoms with Gasteiger partial charge in [0.05, 0.1) is 11.8 Å². The standard InChI is InChI=1S/C12H21N3O/c1-3-14-7-5-12(16,6-8-14)11-9-13-15(4-2)10-11/h9-10,16H,3-8H2,1-2H3. The van der Waals surface area contributed by atoms with Gasteiger partial charge in [0.15, 0.2) is 0 Å². The Morgan fingerprint density at radius 2 is 2.00 bits per heavy atom. The van der Waals surface area contributed by atoms with E-state index in [4.69, 9.17) is 0 Å². The zero-order valence-electron chi connectivity index (χ0n) is 10.2. The summed E-state index contributed by atoms with van der Waals surface area (Å²) in [6.07, 6.45) is 5.42. The van der Waals surface area contributed by atoms with Crippen LogP contribution in [0.15, 0.2) is 12.4 Å². The van der Waals surface area contributed by atoms with Crippen LogP contribution in [0.25, 0.3) is 0 Å². The van der Waals surface area contributed by atoms with Crippen molar-refractivity contribution in [3.05, 3.63) is 18.0 Å². The Bertz CT molecular complexity index is 340. The van der Waals surface area contributed by atoms with Gasteiger partial charge in [0.25, 0.3) is 0 Å². The molecule has 0 amide bonds. The molecule has 0 spiro atoms. The molecule has 1 saturated heterocycles. The van der Waals surface area contributed by atoms with Crippen molar-refractivity contribution in [2.24, 2.45) is 0 Å². The van der Waals surface area contributed by atoms with Gasteiger partial charge in [-0.1, -0.05) is 6.92 Å². The highest BCUT2D eigenvalue weighted by Crippen LogP contribution is 2.32. The molecule has 16 heavy (non-hydrogen) atoms. The Hall–Kier alpha value is -0.870. The molecule has 0 aliphatic carbocycles. The first-order valence-electron chi connectivity index (χ1n) is 6.15. The molecule has 0 radical (unpaired) electrons. The van der Waals surface area contributed by atoms with E-state index in [1.54, 1.807) is 0 Å². The number of hydrogen-bond donors (Lipinski definition) is 1. The van der Waals surface area contributed by atoms with E-state index >= 15 is 0 Å². The fourth-order valence-electron chi connectivity index (χ4n) is 2.30. The van der Waals surface area contributed by atoms with Crippen LogP contribution in [0.4, 0.5) is 0 Å². The third-order valence-corrected chi connectivity index (χ3v) is 3.63. The Morgan fingerprint density at radius 3 is 2.50 bits per heavy atom. The van der Waals surface area contributed by atoms with Crippen molar-refractivity contribution in [3.8, 4) is 0 Å². The molecule has 0 saturated carbocycles. The first-order valence-corrected chi connectivity index (χ1v) is 6.15. The monoisotopic (exact) mass is 223 g/mol. The van der Waals surface area contributed by atoms with E-state index in [2.05, 4.69) is 23.8 Å². The summed E-state index contributed by atoms with van der Waals surface area (Å²) in [4.78, 5) is 2.37. The lowest BCUT2D eigenvalue weighted by molar-refractivity contribution is -0.0247. The molecule has 1 aromatic rings. The highest BCUT2D eigenvalue weighted by molar-refractivity contribution is 5.16. The van der Waals surface area contributed by atoms with Gasteiger partial charge in [-0.05, 0) is 26.3 Å². The normalized spacial score (nSPS) is 21.2. The minimum Gasteiger partial charge on any atom is -0.385 e. The molecule has 90 valence electrons. The number of aryl methyl sites for hydroxylation is 1. The zero-order chi connectivity index (χ0) is 11.6. The van der Waals surface area contributed by atoms with Crippen molar-refractivity contribution in [2.45, 2.75) is 38.8 Å². The number of aliphatic hydroxyl groups is 1. The van der Waals surface area contributed by atoms with Crippen LogP contribution < -0.4 is 0 Å². The Kier molecular flexibility index (Phi) is 3.30.